The molecular weight excluding hydrogens is 282 g/mol. The largest absolute Gasteiger partial charge is 0.495 e. The number of nitrogens with zero attached hydrogens (tertiary/aromatic N) is 1. The van der Waals surface area contributed by atoms with E-state index in [0.29, 0.717) is 22.8 Å². The Morgan fingerprint density at radius 1 is 1.35 bits per heavy atom. The van der Waals surface area contributed by atoms with Crippen molar-refractivity contribution < 1.29 is 17.7 Å². The number of nitrogens with two attached hydrogens (primary N) is 1. The van der Waals surface area contributed by atoms with Crippen LogP contribution in [0.2, 0.25) is 0 Å². The van der Waals surface area contributed by atoms with Gasteiger partial charge in [0.1, 0.15) is 11.4 Å². The average molecular weight is 297 g/mol. The predicted octanol–water partition coefficient (Wildman–Crippen LogP) is 1.68. The van der Waals surface area contributed by atoms with Crippen LogP contribution in [-0.2, 0) is 10.0 Å². The molecule has 2 rings (SSSR count). The molecule has 0 aliphatic rings. The second-order valence-electron chi connectivity index (χ2n) is 4.22. The van der Waals surface area contributed by atoms with Gasteiger partial charge in [-0.05, 0) is 32.0 Å². The van der Waals surface area contributed by atoms with Gasteiger partial charge in [-0.1, -0.05) is 5.16 Å². The van der Waals surface area contributed by atoms with Crippen molar-refractivity contribution in [1.82, 2.24) is 5.16 Å². The first kappa shape index (κ1) is 14.2. The first-order valence-corrected chi connectivity index (χ1v) is 7.22. The summed E-state index contributed by atoms with van der Waals surface area (Å²) in [4.78, 5) is 0.0342. The number of rotatable bonds is 4. The van der Waals surface area contributed by atoms with Crippen molar-refractivity contribution in [1.29, 1.82) is 0 Å². The van der Waals surface area contributed by atoms with E-state index < -0.39 is 10.0 Å². The monoisotopic (exact) mass is 297 g/mol. The Morgan fingerprint density at radius 2 is 2.05 bits per heavy atom. The Bertz CT molecular complexity index is 718. The molecule has 1 aromatic heterocycles. The molecule has 1 heterocycles. The van der Waals surface area contributed by atoms with E-state index in [2.05, 4.69) is 9.88 Å². The van der Waals surface area contributed by atoms with E-state index in [1.54, 1.807) is 19.1 Å². The van der Waals surface area contributed by atoms with E-state index in [0.717, 1.165) is 0 Å². The van der Waals surface area contributed by atoms with Crippen LogP contribution >= 0.6 is 0 Å². The van der Waals surface area contributed by atoms with Crippen molar-refractivity contribution in [2.45, 2.75) is 18.7 Å². The van der Waals surface area contributed by atoms with Crippen molar-refractivity contribution in [3.8, 4) is 5.75 Å². The lowest BCUT2D eigenvalue weighted by Gasteiger charge is -2.10. The van der Waals surface area contributed by atoms with Gasteiger partial charge in [0.25, 0.3) is 10.0 Å². The van der Waals surface area contributed by atoms with Crippen LogP contribution in [0.4, 0.5) is 11.4 Å². The number of hydrogen-bond acceptors (Lipinski definition) is 6. The normalized spacial score (nSPS) is 11.3. The molecule has 0 spiro atoms. The summed E-state index contributed by atoms with van der Waals surface area (Å²) in [6, 6.07) is 4.63. The summed E-state index contributed by atoms with van der Waals surface area (Å²) in [5, 5.41) is 3.63. The third-order valence-electron chi connectivity index (χ3n) is 2.72. The van der Waals surface area contributed by atoms with Gasteiger partial charge in [0.15, 0.2) is 10.7 Å². The number of hydrogen-bond donors (Lipinski definition) is 2. The van der Waals surface area contributed by atoms with Gasteiger partial charge in [0.2, 0.25) is 0 Å². The van der Waals surface area contributed by atoms with Gasteiger partial charge in [0.05, 0.1) is 18.5 Å². The number of sulfonamides is 1. The Hall–Kier alpha value is -2.22. The van der Waals surface area contributed by atoms with E-state index in [1.165, 1.54) is 20.1 Å². The minimum Gasteiger partial charge on any atom is -0.495 e. The van der Waals surface area contributed by atoms with E-state index in [4.69, 9.17) is 15.0 Å². The second-order valence-corrected chi connectivity index (χ2v) is 5.83. The van der Waals surface area contributed by atoms with Crippen LogP contribution in [0.5, 0.6) is 5.75 Å². The fourth-order valence-electron chi connectivity index (χ4n) is 1.86. The zero-order chi connectivity index (χ0) is 14.9. The van der Waals surface area contributed by atoms with Gasteiger partial charge in [0, 0.05) is 0 Å². The number of aryl methyl sites for hydroxylation is 2. The third kappa shape index (κ3) is 2.55. The molecule has 0 aliphatic heterocycles. The maximum Gasteiger partial charge on any atom is 0.267 e. The SMILES string of the molecule is COc1ccc(NS(=O)(=O)c2c(C)noc2C)cc1N. The van der Waals surface area contributed by atoms with Crippen LogP contribution in [0.1, 0.15) is 11.5 Å². The zero-order valence-electron chi connectivity index (χ0n) is 11.3. The summed E-state index contributed by atoms with van der Waals surface area (Å²) >= 11 is 0. The van der Waals surface area contributed by atoms with Gasteiger partial charge in [-0.15, -0.1) is 0 Å². The second kappa shape index (κ2) is 5.04. The van der Waals surface area contributed by atoms with Gasteiger partial charge in [-0.2, -0.15) is 0 Å². The van der Waals surface area contributed by atoms with Crippen LogP contribution in [0.15, 0.2) is 27.6 Å². The van der Waals surface area contributed by atoms with Gasteiger partial charge in [-0.3, -0.25) is 4.72 Å². The van der Waals surface area contributed by atoms with Gasteiger partial charge in [-0.25, -0.2) is 8.42 Å². The molecule has 20 heavy (non-hydrogen) atoms. The molecule has 0 atom stereocenters. The number of nitrogens with one attached hydrogen (secondary N) is 1. The predicted molar refractivity (Wildman–Crippen MR) is 74.2 cm³/mol. The Morgan fingerprint density at radius 3 is 2.55 bits per heavy atom. The van der Waals surface area contributed by atoms with Gasteiger partial charge >= 0.3 is 0 Å². The van der Waals surface area contributed by atoms with Crippen LogP contribution < -0.4 is 15.2 Å². The molecule has 8 heteroatoms. The Balaban J connectivity index is 2.36. The molecule has 2 aromatic rings. The topological polar surface area (TPSA) is 107 Å². The molecule has 0 amide bonds. The van der Waals surface area contributed by atoms with Crippen LogP contribution in [0.25, 0.3) is 0 Å². The third-order valence-corrected chi connectivity index (χ3v) is 4.34. The molecule has 0 aliphatic carbocycles. The summed E-state index contributed by atoms with van der Waals surface area (Å²) in [5.74, 6) is 0.710. The van der Waals surface area contributed by atoms with E-state index in [9.17, 15) is 8.42 Å². The fraction of sp³-hybridized carbons (Fsp3) is 0.250. The highest BCUT2D eigenvalue weighted by atomic mass is 32.2. The lowest BCUT2D eigenvalue weighted by Crippen LogP contribution is -2.14. The van der Waals surface area contributed by atoms with Crippen molar-refractivity contribution in [2.75, 3.05) is 17.6 Å². The maximum absolute atomic E-state index is 12.3. The van der Waals surface area contributed by atoms with E-state index in [-0.39, 0.29) is 10.7 Å². The highest BCUT2D eigenvalue weighted by Gasteiger charge is 2.24. The molecular formula is C12H15N3O4S. The highest BCUT2D eigenvalue weighted by Crippen LogP contribution is 2.27. The average Bonchev–Trinajstić information content (AvgIpc) is 2.69. The summed E-state index contributed by atoms with van der Waals surface area (Å²) < 4.78 is 36.9. The maximum atomic E-state index is 12.3. The lowest BCUT2D eigenvalue weighted by molar-refractivity contribution is 0.390. The zero-order valence-corrected chi connectivity index (χ0v) is 12.1. The molecule has 1 aromatic carbocycles. The summed E-state index contributed by atoms with van der Waals surface area (Å²) in [6.07, 6.45) is 0. The van der Waals surface area contributed by atoms with Crippen LogP contribution in [0, 0.1) is 13.8 Å². The number of anilines is 2. The Kier molecular flexibility index (Phi) is 3.58. The Labute approximate surface area is 116 Å². The molecule has 7 nitrogen and oxygen atoms in total. The highest BCUT2D eigenvalue weighted by molar-refractivity contribution is 7.92. The number of benzene rings is 1. The van der Waals surface area contributed by atoms with Crippen LogP contribution in [0.3, 0.4) is 0 Å². The van der Waals surface area contributed by atoms with Crippen molar-refractivity contribution >= 4 is 21.4 Å². The summed E-state index contributed by atoms with van der Waals surface area (Å²) in [7, 11) is -2.28. The molecule has 0 saturated heterocycles. The lowest BCUT2D eigenvalue weighted by atomic mass is 10.2. The molecule has 0 fully saturated rings. The minimum absolute atomic E-state index is 0.0342. The summed E-state index contributed by atoms with van der Waals surface area (Å²) in [5.41, 5.74) is 6.72. The quantitative estimate of drug-likeness (QED) is 0.831. The molecule has 0 bridgehead atoms. The molecule has 0 saturated carbocycles. The standard InChI is InChI=1S/C12H15N3O4S/c1-7-12(8(2)19-14-7)20(16,17)15-9-4-5-11(18-3)10(13)6-9/h4-6,15H,13H2,1-3H3. The number of nitrogen functional groups attached to an aromatic ring is 1. The minimum atomic E-state index is -3.77. The summed E-state index contributed by atoms with van der Waals surface area (Å²) in [6.45, 7) is 3.10. The molecule has 108 valence electrons. The van der Waals surface area contributed by atoms with Gasteiger partial charge < -0.3 is 15.0 Å². The smallest absolute Gasteiger partial charge is 0.267 e. The van der Waals surface area contributed by atoms with E-state index in [1.807, 2.05) is 0 Å². The van der Waals surface area contributed by atoms with E-state index >= 15 is 0 Å². The molecule has 0 unspecified atom stereocenters. The number of aromatic nitrogens is 1. The number of ether oxygens (including phenoxy) is 1. The first-order valence-electron chi connectivity index (χ1n) is 5.74. The molecule has 0 radical (unpaired) electrons. The fourth-order valence-corrected chi connectivity index (χ4v) is 3.24. The van der Waals surface area contributed by atoms with Crippen LogP contribution in [-0.4, -0.2) is 20.7 Å². The first-order chi connectivity index (χ1) is 9.35. The number of methoxy groups -OCH3 is 1. The van der Waals surface area contributed by atoms with Crippen molar-refractivity contribution in [3.63, 3.8) is 0 Å². The molecule has 3 N–H and O–H groups in total. The van der Waals surface area contributed by atoms with Crippen molar-refractivity contribution in [3.05, 3.63) is 29.7 Å². The van der Waals surface area contributed by atoms with Crippen molar-refractivity contribution in [2.24, 2.45) is 0 Å².